The summed E-state index contributed by atoms with van der Waals surface area (Å²) in [6, 6.07) is 1.78. The van der Waals surface area contributed by atoms with Crippen LogP contribution in [0.25, 0.3) is 0 Å². The highest BCUT2D eigenvalue weighted by atomic mass is 16.5. The largest absolute Gasteiger partial charge is 0.361 e. The van der Waals surface area contributed by atoms with Gasteiger partial charge in [-0.05, 0) is 13.3 Å². The molecule has 1 aromatic rings. The van der Waals surface area contributed by atoms with Crippen molar-refractivity contribution in [2.24, 2.45) is 5.73 Å². The number of aryl methyl sites for hydroxylation is 1. The number of carbonyl (C=O) groups is 1. The van der Waals surface area contributed by atoms with E-state index in [-0.39, 0.29) is 11.9 Å². The van der Waals surface area contributed by atoms with Crippen LogP contribution < -0.4 is 5.73 Å². The average Bonchev–Trinajstić information content (AvgIpc) is 2.64. The fourth-order valence-corrected chi connectivity index (χ4v) is 1.68. The van der Waals surface area contributed by atoms with Gasteiger partial charge in [0, 0.05) is 25.6 Å². The van der Waals surface area contributed by atoms with E-state index in [1.54, 1.807) is 11.9 Å². The minimum absolute atomic E-state index is 0.0472. The van der Waals surface area contributed by atoms with Crippen LogP contribution in [0.4, 0.5) is 0 Å². The number of nitrogens with zero attached hydrogens (tertiary/aromatic N) is 2. The maximum Gasteiger partial charge on any atom is 0.224 e. The molecule has 0 saturated carbocycles. The first kappa shape index (κ1) is 13.7. The standard InChI is InChI=1S/C12H21N3O2/c1-4-5-10(13)7-12(16)15(3)8-11-6-9(2)17-14-11/h6,10H,4-5,7-8,13H2,1-3H3. The van der Waals surface area contributed by atoms with Crippen LogP contribution in [-0.2, 0) is 11.3 Å². The van der Waals surface area contributed by atoms with E-state index >= 15 is 0 Å². The molecule has 1 unspecified atom stereocenters. The van der Waals surface area contributed by atoms with Crippen LogP contribution in [0.2, 0.25) is 0 Å². The Bertz CT molecular complexity index is 362. The van der Waals surface area contributed by atoms with Crippen molar-refractivity contribution < 1.29 is 9.32 Å². The Kier molecular flexibility index (Phi) is 5.15. The number of hydrogen-bond donors (Lipinski definition) is 1. The lowest BCUT2D eigenvalue weighted by molar-refractivity contribution is -0.130. The number of aromatic nitrogens is 1. The van der Waals surface area contributed by atoms with Gasteiger partial charge < -0.3 is 15.2 Å². The molecule has 1 heterocycles. The molecule has 0 aliphatic rings. The molecule has 0 aromatic carbocycles. The molecule has 0 radical (unpaired) electrons. The van der Waals surface area contributed by atoms with Crippen LogP contribution in [0.1, 0.15) is 37.6 Å². The van der Waals surface area contributed by atoms with Gasteiger partial charge in [0.05, 0.1) is 6.54 Å². The Morgan fingerprint density at radius 1 is 1.65 bits per heavy atom. The highest BCUT2D eigenvalue weighted by Crippen LogP contribution is 2.07. The van der Waals surface area contributed by atoms with Crippen LogP contribution in [0, 0.1) is 6.92 Å². The Morgan fingerprint density at radius 3 is 2.88 bits per heavy atom. The first-order valence-corrected chi connectivity index (χ1v) is 5.94. The van der Waals surface area contributed by atoms with Crippen LogP contribution in [0.3, 0.4) is 0 Å². The topological polar surface area (TPSA) is 72.4 Å². The number of rotatable bonds is 6. The number of carbonyl (C=O) groups excluding carboxylic acids is 1. The lowest BCUT2D eigenvalue weighted by Gasteiger charge is -2.18. The van der Waals surface area contributed by atoms with Crippen molar-refractivity contribution in [1.29, 1.82) is 0 Å². The quantitative estimate of drug-likeness (QED) is 0.815. The van der Waals surface area contributed by atoms with Crippen molar-refractivity contribution in [1.82, 2.24) is 10.1 Å². The fourth-order valence-electron chi connectivity index (χ4n) is 1.68. The molecule has 0 spiro atoms. The van der Waals surface area contributed by atoms with E-state index in [0.29, 0.717) is 13.0 Å². The van der Waals surface area contributed by atoms with Crippen molar-refractivity contribution >= 4 is 5.91 Å². The van der Waals surface area contributed by atoms with Crippen molar-refractivity contribution in [2.75, 3.05) is 7.05 Å². The lowest BCUT2D eigenvalue weighted by atomic mass is 10.1. The molecule has 0 aliphatic heterocycles. The summed E-state index contributed by atoms with van der Waals surface area (Å²) in [6.45, 7) is 4.36. The molecular formula is C12H21N3O2. The van der Waals surface area contributed by atoms with Crippen LogP contribution in [0.5, 0.6) is 0 Å². The molecule has 1 rings (SSSR count). The van der Waals surface area contributed by atoms with Crippen LogP contribution in [-0.4, -0.2) is 29.1 Å². The predicted molar refractivity (Wildman–Crippen MR) is 65.2 cm³/mol. The van der Waals surface area contributed by atoms with Gasteiger partial charge in [0.15, 0.2) is 0 Å². The number of amides is 1. The van der Waals surface area contributed by atoms with E-state index in [1.165, 1.54) is 0 Å². The van der Waals surface area contributed by atoms with E-state index < -0.39 is 0 Å². The van der Waals surface area contributed by atoms with Gasteiger partial charge in [-0.3, -0.25) is 4.79 Å². The van der Waals surface area contributed by atoms with Gasteiger partial charge >= 0.3 is 0 Å². The molecule has 5 nitrogen and oxygen atoms in total. The molecule has 96 valence electrons. The molecule has 0 saturated heterocycles. The monoisotopic (exact) mass is 239 g/mol. The summed E-state index contributed by atoms with van der Waals surface area (Å²) in [7, 11) is 1.75. The maximum atomic E-state index is 11.8. The van der Waals surface area contributed by atoms with E-state index in [0.717, 1.165) is 24.3 Å². The maximum absolute atomic E-state index is 11.8. The zero-order chi connectivity index (χ0) is 12.8. The number of nitrogens with two attached hydrogens (primary N) is 1. The van der Waals surface area contributed by atoms with Crippen molar-refractivity contribution in [3.8, 4) is 0 Å². The average molecular weight is 239 g/mol. The molecule has 1 amide bonds. The summed E-state index contributed by atoms with van der Waals surface area (Å²) in [5, 5.41) is 3.85. The minimum atomic E-state index is -0.0472. The van der Waals surface area contributed by atoms with Gasteiger partial charge in [-0.25, -0.2) is 0 Å². The van der Waals surface area contributed by atoms with Gasteiger partial charge in [-0.2, -0.15) is 0 Å². The first-order chi connectivity index (χ1) is 8.02. The highest BCUT2D eigenvalue weighted by Gasteiger charge is 2.14. The zero-order valence-electron chi connectivity index (χ0n) is 10.8. The molecular weight excluding hydrogens is 218 g/mol. The first-order valence-electron chi connectivity index (χ1n) is 5.94. The third-order valence-electron chi connectivity index (χ3n) is 2.60. The van der Waals surface area contributed by atoms with E-state index in [2.05, 4.69) is 12.1 Å². The smallest absolute Gasteiger partial charge is 0.224 e. The van der Waals surface area contributed by atoms with E-state index in [4.69, 9.17) is 10.3 Å². The van der Waals surface area contributed by atoms with Crippen molar-refractivity contribution in [2.45, 2.75) is 45.7 Å². The molecule has 5 heteroatoms. The van der Waals surface area contributed by atoms with Gasteiger partial charge in [0.1, 0.15) is 11.5 Å². The van der Waals surface area contributed by atoms with Gasteiger partial charge in [-0.1, -0.05) is 18.5 Å². The Morgan fingerprint density at radius 2 is 2.35 bits per heavy atom. The van der Waals surface area contributed by atoms with Crippen molar-refractivity contribution in [3.05, 3.63) is 17.5 Å². The molecule has 1 atom stereocenters. The van der Waals surface area contributed by atoms with E-state index in [9.17, 15) is 4.79 Å². The Balaban J connectivity index is 2.41. The Labute approximate surface area is 102 Å². The molecule has 0 bridgehead atoms. The number of hydrogen-bond acceptors (Lipinski definition) is 4. The summed E-state index contributed by atoms with van der Waals surface area (Å²) in [6.07, 6.45) is 2.27. The zero-order valence-corrected chi connectivity index (χ0v) is 10.8. The molecule has 0 fully saturated rings. The minimum Gasteiger partial charge on any atom is -0.361 e. The van der Waals surface area contributed by atoms with Gasteiger partial charge in [-0.15, -0.1) is 0 Å². The summed E-state index contributed by atoms with van der Waals surface area (Å²) >= 11 is 0. The van der Waals surface area contributed by atoms with Gasteiger partial charge in [0.25, 0.3) is 0 Å². The lowest BCUT2D eigenvalue weighted by Crippen LogP contribution is -2.33. The molecule has 0 aliphatic carbocycles. The Hall–Kier alpha value is -1.36. The summed E-state index contributed by atoms with van der Waals surface area (Å²) in [4.78, 5) is 13.5. The molecule has 17 heavy (non-hydrogen) atoms. The second-order valence-electron chi connectivity index (χ2n) is 4.43. The normalized spacial score (nSPS) is 12.5. The third-order valence-corrected chi connectivity index (χ3v) is 2.60. The summed E-state index contributed by atoms with van der Waals surface area (Å²) < 4.78 is 4.95. The van der Waals surface area contributed by atoms with Crippen LogP contribution >= 0.6 is 0 Å². The second-order valence-corrected chi connectivity index (χ2v) is 4.43. The summed E-state index contributed by atoms with van der Waals surface area (Å²) in [5.74, 6) is 0.801. The summed E-state index contributed by atoms with van der Waals surface area (Å²) in [5.41, 5.74) is 6.60. The van der Waals surface area contributed by atoms with E-state index in [1.807, 2.05) is 13.0 Å². The fraction of sp³-hybridized carbons (Fsp3) is 0.667. The van der Waals surface area contributed by atoms with Gasteiger partial charge in [0.2, 0.25) is 5.91 Å². The second kappa shape index (κ2) is 6.39. The van der Waals surface area contributed by atoms with Crippen LogP contribution in [0.15, 0.2) is 10.6 Å². The van der Waals surface area contributed by atoms with Crippen molar-refractivity contribution in [3.63, 3.8) is 0 Å². The molecule has 2 N–H and O–H groups in total. The predicted octanol–water partition coefficient (Wildman–Crippen LogP) is 1.46. The molecule has 1 aromatic heterocycles. The SMILES string of the molecule is CCCC(N)CC(=O)N(C)Cc1cc(C)on1. The highest BCUT2D eigenvalue weighted by molar-refractivity contribution is 5.76. The third kappa shape index (κ3) is 4.56.